The number of rotatable bonds is 5. The van der Waals surface area contributed by atoms with Crippen LogP contribution in [0.15, 0.2) is 18.2 Å². The topological polar surface area (TPSA) is 76.4 Å². The number of nitrogens with one attached hydrogen (secondary N) is 2. The van der Waals surface area contributed by atoms with Gasteiger partial charge in [-0.2, -0.15) is 0 Å². The van der Waals surface area contributed by atoms with E-state index in [4.69, 9.17) is 22.7 Å². The number of anilines is 2. The number of hydrogen-bond acceptors (Lipinski definition) is 3. The van der Waals surface area contributed by atoms with Crippen molar-refractivity contribution in [2.24, 2.45) is 5.73 Å². The van der Waals surface area contributed by atoms with Crippen LogP contribution in [-0.2, 0) is 4.79 Å². The fraction of sp³-hybridized carbons (Fsp3) is 0.333. The van der Waals surface area contributed by atoms with Crippen molar-refractivity contribution >= 4 is 34.6 Å². The van der Waals surface area contributed by atoms with Crippen LogP contribution in [0.4, 0.5) is 11.4 Å². The Balaban J connectivity index is 2.86. The largest absolute Gasteiger partial charge is 0.494 e. The Morgan fingerprint density at radius 1 is 1.44 bits per heavy atom. The van der Waals surface area contributed by atoms with Gasteiger partial charge in [-0.1, -0.05) is 6.92 Å². The first kappa shape index (κ1) is 14.2. The van der Waals surface area contributed by atoms with E-state index in [1.54, 1.807) is 18.2 Å². The van der Waals surface area contributed by atoms with Crippen molar-refractivity contribution in [1.29, 1.82) is 0 Å². The van der Waals surface area contributed by atoms with Crippen molar-refractivity contribution < 1.29 is 9.53 Å². The van der Waals surface area contributed by atoms with E-state index in [0.29, 0.717) is 23.5 Å². The van der Waals surface area contributed by atoms with E-state index in [1.807, 2.05) is 6.92 Å². The SMILES string of the molecule is CCCC(=O)Nc1ccc(NC(N)=S)cc1OC. The molecule has 0 aliphatic carbocycles. The molecule has 1 amide bonds. The van der Waals surface area contributed by atoms with E-state index >= 15 is 0 Å². The molecule has 1 aromatic carbocycles. The third-order valence-electron chi connectivity index (χ3n) is 2.22. The smallest absolute Gasteiger partial charge is 0.224 e. The first-order valence-corrected chi connectivity index (χ1v) is 6.02. The molecule has 6 heteroatoms. The average molecular weight is 267 g/mol. The number of nitrogens with two attached hydrogens (primary N) is 1. The Morgan fingerprint density at radius 3 is 2.72 bits per heavy atom. The van der Waals surface area contributed by atoms with E-state index in [1.165, 1.54) is 7.11 Å². The lowest BCUT2D eigenvalue weighted by atomic mass is 10.2. The molecule has 0 spiro atoms. The zero-order chi connectivity index (χ0) is 13.5. The molecule has 0 heterocycles. The number of methoxy groups -OCH3 is 1. The fourth-order valence-electron chi connectivity index (χ4n) is 1.45. The van der Waals surface area contributed by atoms with E-state index in [2.05, 4.69) is 10.6 Å². The Bertz CT molecular complexity index is 449. The maximum absolute atomic E-state index is 11.5. The van der Waals surface area contributed by atoms with Gasteiger partial charge in [-0.05, 0) is 30.8 Å². The van der Waals surface area contributed by atoms with Crippen LogP contribution in [0, 0.1) is 0 Å². The number of ether oxygens (including phenoxy) is 1. The Morgan fingerprint density at radius 2 is 2.17 bits per heavy atom. The molecule has 4 N–H and O–H groups in total. The maximum Gasteiger partial charge on any atom is 0.224 e. The lowest BCUT2D eigenvalue weighted by molar-refractivity contribution is -0.116. The summed E-state index contributed by atoms with van der Waals surface area (Å²) in [6.45, 7) is 1.95. The third-order valence-corrected chi connectivity index (χ3v) is 2.32. The minimum atomic E-state index is -0.0362. The van der Waals surface area contributed by atoms with Gasteiger partial charge in [0.25, 0.3) is 0 Å². The van der Waals surface area contributed by atoms with Crippen LogP contribution in [0.2, 0.25) is 0 Å². The second-order valence-electron chi connectivity index (χ2n) is 3.70. The summed E-state index contributed by atoms with van der Waals surface area (Å²) < 4.78 is 5.21. The molecule has 0 atom stereocenters. The minimum absolute atomic E-state index is 0.0362. The quantitative estimate of drug-likeness (QED) is 0.712. The molecule has 1 rings (SSSR count). The molecule has 0 fully saturated rings. The van der Waals surface area contributed by atoms with Crippen LogP contribution >= 0.6 is 12.2 Å². The van der Waals surface area contributed by atoms with Crippen molar-refractivity contribution in [3.8, 4) is 5.75 Å². The molecular formula is C12H17N3O2S. The van der Waals surface area contributed by atoms with Crippen LogP contribution in [0.25, 0.3) is 0 Å². The molecular weight excluding hydrogens is 250 g/mol. The van der Waals surface area contributed by atoms with E-state index in [9.17, 15) is 4.79 Å². The van der Waals surface area contributed by atoms with Crippen molar-refractivity contribution in [3.63, 3.8) is 0 Å². The van der Waals surface area contributed by atoms with Crippen LogP contribution in [0.1, 0.15) is 19.8 Å². The molecule has 18 heavy (non-hydrogen) atoms. The number of carbonyl (C=O) groups is 1. The molecule has 0 aliphatic heterocycles. The number of carbonyl (C=O) groups excluding carboxylic acids is 1. The molecule has 0 aliphatic rings. The summed E-state index contributed by atoms with van der Waals surface area (Å²) in [5.74, 6) is 0.520. The lowest BCUT2D eigenvalue weighted by Gasteiger charge is -2.12. The molecule has 0 unspecified atom stereocenters. The highest BCUT2D eigenvalue weighted by molar-refractivity contribution is 7.80. The van der Waals surface area contributed by atoms with Gasteiger partial charge in [-0.25, -0.2) is 0 Å². The van der Waals surface area contributed by atoms with Gasteiger partial charge in [-0.3, -0.25) is 4.79 Å². The number of thiocarbonyl (C=S) groups is 1. The Kier molecular flexibility index (Phi) is 5.38. The average Bonchev–Trinajstić information content (AvgIpc) is 2.30. The van der Waals surface area contributed by atoms with Gasteiger partial charge >= 0.3 is 0 Å². The summed E-state index contributed by atoms with van der Waals surface area (Å²) in [6.07, 6.45) is 1.28. The van der Waals surface area contributed by atoms with Crippen molar-refractivity contribution in [3.05, 3.63) is 18.2 Å². The third kappa shape index (κ3) is 4.21. The number of amides is 1. The summed E-state index contributed by atoms with van der Waals surface area (Å²) in [5.41, 5.74) is 6.73. The standard InChI is InChI=1S/C12H17N3O2S/c1-3-4-11(16)15-9-6-5-8(14-12(13)18)7-10(9)17-2/h5-7H,3-4H2,1-2H3,(H,15,16)(H3,13,14,18). The lowest BCUT2D eigenvalue weighted by Crippen LogP contribution is -2.19. The number of benzene rings is 1. The summed E-state index contributed by atoms with van der Waals surface area (Å²) in [6, 6.07) is 5.23. The maximum atomic E-state index is 11.5. The fourth-order valence-corrected chi connectivity index (χ4v) is 1.57. The van der Waals surface area contributed by atoms with E-state index in [0.717, 1.165) is 6.42 Å². The molecule has 0 saturated heterocycles. The first-order chi connectivity index (χ1) is 8.56. The highest BCUT2D eigenvalue weighted by atomic mass is 32.1. The van der Waals surface area contributed by atoms with Gasteiger partial charge in [0.15, 0.2) is 5.11 Å². The predicted octanol–water partition coefficient (Wildman–Crippen LogP) is 2.09. The molecule has 0 bridgehead atoms. The van der Waals surface area contributed by atoms with Crippen LogP contribution in [0.5, 0.6) is 5.75 Å². The summed E-state index contributed by atoms with van der Waals surface area (Å²) in [5, 5.41) is 5.77. The zero-order valence-corrected chi connectivity index (χ0v) is 11.3. The molecule has 0 radical (unpaired) electrons. The Labute approximate surface area is 112 Å². The summed E-state index contributed by atoms with van der Waals surface area (Å²) >= 11 is 4.75. The zero-order valence-electron chi connectivity index (χ0n) is 10.4. The van der Waals surface area contributed by atoms with Crippen molar-refractivity contribution in [1.82, 2.24) is 0 Å². The second kappa shape index (κ2) is 6.80. The predicted molar refractivity (Wildman–Crippen MR) is 76.9 cm³/mol. The Hall–Kier alpha value is -1.82. The van der Waals surface area contributed by atoms with Gasteiger partial charge in [0.1, 0.15) is 5.75 Å². The highest BCUT2D eigenvalue weighted by Crippen LogP contribution is 2.28. The normalized spacial score (nSPS) is 9.67. The molecule has 1 aromatic rings. The van der Waals surface area contributed by atoms with Crippen LogP contribution in [-0.4, -0.2) is 18.1 Å². The molecule has 5 nitrogen and oxygen atoms in total. The van der Waals surface area contributed by atoms with Crippen LogP contribution in [0.3, 0.4) is 0 Å². The van der Waals surface area contributed by atoms with Crippen molar-refractivity contribution in [2.75, 3.05) is 17.7 Å². The first-order valence-electron chi connectivity index (χ1n) is 5.61. The van der Waals surface area contributed by atoms with Gasteiger partial charge in [0.05, 0.1) is 12.8 Å². The van der Waals surface area contributed by atoms with E-state index < -0.39 is 0 Å². The monoisotopic (exact) mass is 267 g/mol. The molecule has 0 aromatic heterocycles. The van der Waals surface area contributed by atoms with Gasteiger partial charge in [0.2, 0.25) is 5.91 Å². The second-order valence-corrected chi connectivity index (χ2v) is 4.14. The van der Waals surface area contributed by atoms with Gasteiger partial charge < -0.3 is 21.1 Å². The minimum Gasteiger partial charge on any atom is -0.494 e. The summed E-state index contributed by atoms with van der Waals surface area (Å²) in [7, 11) is 1.54. The highest BCUT2D eigenvalue weighted by Gasteiger charge is 2.08. The molecule has 0 saturated carbocycles. The number of hydrogen-bond donors (Lipinski definition) is 3. The van der Waals surface area contributed by atoms with Gasteiger partial charge in [0, 0.05) is 18.2 Å². The van der Waals surface area contributed by atoms with Crippen LogP contribution < -0.4 is 21.1 Å². The molecule has 98 valence electrons. The van der Waals surface area contributed by atoms with Crippen molar-refractivity contribution in [2.45, 2.75) is 19.8 Å². The summed E-state index contributed by atoms with van der Waals surface area (Å²) in [4.78, 5) is 11.5. The van der Waals surface area contributed by atoms with Gasteiger partial charge in [-0.15, -0.1) is 0 Å². The van der Waals surface area contributed by atoms with E-state index in [-0.39, 0.29) is 11.0 Å².